The van der Waals surface area contributed by atoms with Crippen molar-refractivity contribution < 1.29 is 9.21 Å². The summed E-state index contributed by atoms with van der Waals surface area (Å²) in [6.45, 7) is 2.09. The Morgan fingerprint density at radius 3 is 2.78 bits per heavy atom. The SMILES string of the molecule is CC1CCCCC1C(=O)Nc1ccc(-c2cccnc2)oc1=O. The van der Waals surface area contributed by atoms with Gasteiger partial charge in [0.1, 0.15) is 11.4 Å². The molecule has 2 atom stereocenters. The second kappa shape index (κ2) is 6.77. The van der Waals surface area contributed by atoms with Crippen molar-refractivity contribution in [1.29, 1.82) is 0 Å². The Bertz CT molecular complexity index is 739. The number of carbonyl (C=O) groups is 1. The van der Waals surface area contributed by atoms with Crippen LogP contribution in [0.1, 0.15) is 32.6 Å². The fraction of sp³-hybridized carbons (Fsp3) is 0.389. The highest BCUT2D eigenvalue weighted by Gasteiger charge is 2.28. The van der Waals surface area contributed by atoms with Gasteiger partial charge in [0.15, 0.2) is 0 Å². The van der Waals surface area contributed by atoms with Gasteiger partial charge in [-0.2, -0.15) is 0 Å². The number of hydrogen-bond acceptors (Lipinski definition) is 4. The van der Waals surface area contributed by atoms with E-state index in [1.807, 2.05) is 6.07 Å². The van der Waals surface area contributed by atoms with Gasteiger partial charge in [0.25, 0.3) is 0 Å². The van der Waals surface area contributed by atoms with E-state index in [1.165, 1.54) is 6.42 Å². The van der Waals surface area contributed by atoms with E-state index in [1.54, 1.807) is 30.6 Å². The molecule has 1 aliphatic carbocycles. The second-order valence-corrected chi connectivity index (χ2v) is 6.10. The van der Waals surface area contributed by atoms with Gasteiger partial charge in [0.05, 0.1) is 0 Å². The molecule has 0 spiro atoms. The minimum absolute atomic E-state index is 0.0267. The molecule has 2 heterocycles. The Balaban J connectivity index is 1.76. The number of amides is 1. The molecule has 120 valence electrons. The lowest BCUT2D eigenvalue weighted by atomic mass is 9.80. The summed E-state index contributed by atoms with van der Waals surface area (Å²) in [5, 5.41) is 2.73. The van der Waals surface area contributed by atoms with Gasteiger partial charge in [-0.1, -0.05) is 19.8 Å². The number of carbonyl (C=O) groups excluding carboxylic acids is 1. The summed E-state index contributed by atoms with van der Waals surface area (Å²) in [5.41, 5.74) is 0.381. The molecule has 0 aliphatic heterocycles. The molecule has 23 heavy (non-hydrogen) atoms. The molecule has 2 aromatic heterocycles. The summed E-state index contributed by atoms with van der Waals surface area (Å²) in [4.78, 5) is 28.5. The van der Waals surface area contributed by atoms with Crippen LogP contribution in [0, 0.1) is 11.8 Å². The van der Waals surface area contributed by atoms with Gasteiger partial charge in [-0.05, 0) is 43.0 Å². The molecule has 1 aliphatic rings. The molecule has 1 amide bonds. The van der Waals surface area contributed by atoms with Crippen molar-refractivity contribution in [3.63, 3.8) is 0 Å². The number of anilines is 1. The van der Waals surface area contributed by atoms with Gasteiger partial charge in [0.2, 0.25) is 5.91 Å². The third kappa shape index (κ3) is 3.50. The maximum absolute atomic E-state index is 12.4. The third-order valence-electron chi connectivity index (χ3n) is 4.48. The molecule has 1 saturated carbocycles. The van der Waals surface area contributed by atoms with Crippen LogP contribution in [0.15, 0.2) is 45.9 Å². The minimum Gasteiger partial charge on any atom is -0.421 e. The molecule has 0 saturated heterocycles. The van der Waals surface area contributed by atoms with E-state index < -0.39 is 5.63 Å². The molecule has 5 nitrogen and oxygen atoms in total. The number of rotatable bonds is 3. The minimum atomic E-state index is -0.539. The zero-order valence-electron chi connectivity index (χ0n) is 13.1. The van der Waals surface area contributed by atoms with Gasteiger partial charge in [-0.3, -0.25) is 9.78 Å². The largest absolute Gasteiger partial charge is 0.421 e. The normalized spacial score (nSPS) is 20.9. The zero-order chi connectivity index (χ0) is 16.2. The lowest BCUT2D eigenvalue weighted by Crippen LogP contribution is -2.31. The van der Waals surface area contributed by atoms with Crippen LogP contribution in [0.5, 0.6) is 0 Å². The van der Waals surface area contributed by atoms with E-state index in [0.29, 0.717) is 11.7 Å². The summed E-state index contributed by atoms with van der Waals surface area (Å²) in [6.07, 6.45) is 7.46. The fourth-order valence-corrected chi connectivity index (χ4v) is 3.10. The highest BCUT2D eigenvalue weighted by atomic mass is 16.4. The first-order valence-corrected chi connectivity index (χ1v) is 8.00. The standard InChI is InChI=1S/C18H20N2O3/c1-12-5-2-3-7-14(12)17(21)20-15-8-9-16(23-18(15)22)13-6-4-10-19-11-13/h4,6,8-12,14H,2-3,5,7H2,1H3,(H,20,21). The lowest BCUT2D eigenvalue weighted by molar-refractivity contribution is -0.122. The van der Waals surface area contributed by atoms with E-state index in [2.05, 4.69) is 17.2 Å². The number of nitrogens with zero attached hydrogens (tertiary/aromatic N) is 1. The molecule has 2 aromatic rings. The van der Waals surface area contributed by atoms with Gasteiger partial charge >= 0.3 is 5.63 Å². The Labute approximate surface area is 134 Å². The summed E-state index contributed by atoms with van der Waals surface area (Å²) < 4.78 is 5.30. The van der Waals surface area contributed by atoms with Crippen molar-refractivity contribution in [1.82, 2.24) is 4.98 Å². The van der Waals surface area contributed by atoms with E-state index in [4.69, 9.17) is 4.42 Å². The highest BCUT2D eigenvalue weighted by Crippen LogP contribution is 2.30. The first kappa shape index (κ1) is 15.5. The Morgan fingerprint density at radius 2 is 2.09 bits per heavy atom. The average molecular weight is 312 g/mol. The van der Waals surface area contributed by atoms with Gasteiger partial charge < -0.3 is 9.73 Å². The van der Waals surface area contributed by atoms with Crippen molar-refractivity contribution in [2.24, 2.45) is 11.8 Å². The first-order valence-electron chi connectivity index (χ1n) is 8.00. The number of hydrogen-bond donors (Lipinski definition) is 1. The van der Waals surface area contributed by atoms with Crippen LogP contribution in [0.4, 0.5) is 5.69 Å². The van der Waals surface area contributed by atoms with Crippen LogP contribution in [0.2, 0.25) is 0 Å². The summed E-state index contributed by atoms with van der Waals surface area (Å²) in [6, 6.07) is 6.86. The molecule has 5 heteroatoms. The van der Waals surface area contributed by atoms with Crippen LogP contribution in [-0.4, -0.2) is 10.9 Å². The van der Waals surface area contributed by atoms with Gasteiger partial charge in [-0.25, -0.2) is 4.79 Å². The Kier molecular flexibility index (Phi) is 4.55. The maximum Gasteiger partial charge on any atom is 0.360 e. The first-order chi connectivity index (χ1) is 11.1. The van der Waals surface area contributed by atoms with E-state index >= 15 is 0 Å². The van der Waals surface area contributed by atoms with Crippen LogP contribution < -0.4 is 10.9 Å². The topological polar surface area (TPSA) is 72.2 Å². The molecule has 0 bridgehead atoms. The third-order valence-corrected chi connectivity index (χ3v) is 4.48. The summed E-state index contributed by atoms with van der Waals surface area (Å²) in [5.74, 6) is 0.678. The molecule has 0 radical (unpaired) electrons. The molecular weight excluding hydrogens is 292 g/mol. The van der Waals surface area contributed by atoms with Crippen LogP contribution in [0.3, 0.4) is 0 Å². The number of aromatic nitrogens is 1. The predicted octanol–water partition coefficient (Wildman–Crippen LogP) is 3.47. The van der Waals surface area contributed by atoms with Crippen molar-refractivity contribution in [3.05, 3.63) is 47.1 Å². The summed E-state index contributed by atoms with van der Waals surface area (Å²) in [7, 11) is 0. The summed E-state index contributed by atoms with van der Waals surface area (Å²) >= 11 is 0. The average Bonchev–Trinajstić information content (AvgIpc) is 2.58. The monoisotopic (exact) mass is 312 g/mol. The smallest absolute Gasteiger partial charge is 0.360 e. The zero-order valence-corrected chi connectivity index (χ0v) is 13.1. The molecule has 1 N–H and O–H groups in total. The predicted molar refractivity (Wildman–Crippen MR) is 88.0 cm³/mol. The van der Waals surface area contributed by atoms with E-state index in [9.17, 15) is 9.59 Å². The van der Waals surface area contributed by atoms with Gasteiger partial charge in [0, 0.05) is 23.9 Å². The lowest BCUT2D eigenvalue weighted by Gasteiger charge is -2.27. The fourth-order valence-electron chi connectivity index (χ4n) is 3.10. The number of nitrogens with one attached hydrogen (secondary N) is 1. The van der Waals surface area contributed by atoms with Crippen molar-refractivity contribution in [2.75, 3.05) is 5.32 Å². The van der Waals surface area contributed by atoms with Crippen molar-refractivity contribution in [2.45, 2.75) is 32.6 Å². The quantitative estimate of drug-likeness (QED) is 0.942. The molecule has 0 aromatic carbocycles. The van der Waals surface area contributed by atoms with Gasteiger partial charge in [-0.15, -0.1) is 0 Å². The van der Waals surface area contributed by atoms with Crippen LogP contribution in [0.25, 0.3) is 11.3 Å². The maximum atomic E-state index is 12.4. The van der Waals surface area contributed by atoms with Crippen LogP contribution in [-0.2, 0) is 4.79 Å². The number of pyridine rings is 1. The van der Waals surface area contributed by atoms with Crippen molar-refractivity contribution in [3.8, 4) is 11.3 Å². The van der Waals surface area contributed by atoms with Crippen molar-refractivity contribution >= 4 is 11.6 Å². The second-order valence-electron chi connectivity index (χ2n) is 6.10. The molecule has 2 unspecified atom stereocenters. The van der Waals surface area contributed by atoms with Crippen LogP contribution >= 0.6 is 0 Å². The molecule has 3 rings (SSSR count). The van der Waals surface area contributed by atoms with E-state index in [-0.39, 0.29) is 17.5 Å². The highest BCUT2D eigenvalue weighted by molar-refractivity contribution is 5.92. The van der Waals surface area contributed by atoms with E-state index in [0.717, 1.165) is 24.8 Å². The Hall–Kier alpha value is -2.43. The molecular formula is C18H20N2O3. The Morgan fingerprint density at radius 1 is 1.26 bits per heavy atom. The molecule has 1 fully saturated rings.